The van der Waals surface area contributed by atoms with Crippen molar-refractivity contribution in [3.63, 3.8) is 0 Å². The summed E-state index contributed by atoms with van der Waals surface area (Å²) in [5.74, 6) is 1.83. The second-order valence-corrected chi connectivity index (χ2v) is 7.67. The number of amides is 1. The average Bonchev–Trinajstić information content (AvgIpc) is 3.20. The number of benzene rings is 2. The highest BCUT2D eigenvalue weighted by molar-refractivity contribution is 7.98. The van der Waals surface area contributed by atoms with Crippen LogP contribution in [0.1, 0.15) is 32.9 Å². The van der Waals surface area contributed by atoms with E-state index < -0.39 is 0 Å². The SMILES string of the molecule is Cc1cc(C)nc(SCc2ccc(C(=O)N/N=C/c3ccc4c(c3)OCO4)cc2)n1. The van der Waals surface area contributed by atoms with Gasteiger partial charge in [0.1, 0.15) is 0 Å². The van der Waals surface area contributed by atoms with E-state index in [0.717, 1.165) is 33.4 Å². The Kier molecular flexibility index (Phi) is 5.94. The van der Waals surface area contributed by atoms with Gasteiger partial charge in [-0.1, -0.05) is 23.9 Å². The van der Waals surface area contributed by atoms with Gasteiger partial charge in [0.05, 0.1) is 6.21 Å². The zero-order valence-electron chi connectivity index (χ0n) is 16.6. The topological polar surface area (TPSA) is 85.7 Å². The summed E-state index contributed by atoms with van der Waals surface area (Å²) in [7, 11) is 0. The first kappa shape index (κ1) is 19.9. The van der Waals surface area contributed by atoms with Gasteiger partial charge in [0.25, 0.3) is 5.91 Å². The summed E-state index contributed by atoms with van der Waals surface area (Å²) in [6, 6.07) is 14.8. The number of carbonyl (C=O) groups excluding carboxylic acids is 1. The van der Waals surface area contributed by atoms with Gasteiger partial charge in [-0.3, -0.25) is 4.79 Å². The first-order valence-electron chi connectivity index (χ1n) is 9.34. The van der Waals surface area contributed by atoms with Crippen LogP contribution in [-0.2, 0) is 5.75 Å². The van der Waals surface area contributed by atoms with Crippen molar-refractivity contribution in [1.82, 2.24) is 15.4 Å². The number of rotatable bonds is 6. The minimum Gasteiger partial charge on any atom is -0.454 e. The van der Waals surface area contributed by atoms with Crippen LogP contribution in [0.25, 0.3) is 0 Å². The smallest absolute Gasteiger partial charge is 0.271 e. The summed E-state index contributed by atoms with van der Waals surface area (Å²) in [4.78, 5) is 21.2. The van der Waals surface area contributed by atoms with Crippen molar-refractivity contribution >= 4 is 23.9 Å². The van der Waals surface area contributed by atoms with Crippen molar-refractivity contribution in [2.24, 2.45) is 5.10 Å². The number of ether oxygens (including phenoxy) is 2. The molecule has 1 N–H and O–H groups in total. The van der Waals surface area contributed by atoms with Gasteiger partial charge in [-0.2, -0.15) is 5.10 Å². The Bertz CT molecular complexity index is 1080. The third-order valence-corrected chi connectivity index (χ3v) is 5.24. The fraction of sp³-hybridized carbons (Fsp3) is 0.182. The van der Waals surface area contributed by atoms with Gasteiger partial charge in [-0.05, 0) is 61.4 Å². The molecular weight excluding hydrogens is 400 g/mol. The molecule has 0 saturated heterocycles. The summed E-state index contributed by atoms with van der Waals surface area (Å²) in [5, 5.41) is 4.77. The summed E-state index contributed by atoms with van der Waals surface area (Å²) < 4.78 is 10.6. The van der Waals surface area contributed by atoms with Gasteiger partial charge < -0.3 is 9.47 Å². The van der Waals surface area contributed by atoms with Crippen molar-refractivity contribution in [3.8, 4) is 11.5 Å². The minimum absolute atomic E-state index is 0.221. The van der Waals surface area contributed by atoms with E-state index in [1.54, 1.807) is 30.1 Å². The minimum atomic E-state index is -0.274. The molecule has 0 atom stereocenters. The Morgan fingerprint density at radius 1 is 1.07 bits per heavy atom. The van der Waals surface area contributed by atoms with Crippen molar-refractivity contribution in [3.05, 3.63) is 76.6 Å². The van der Waals surface area contributed by atoms with Crippen LogP contribution in [-0.4, -0.2) is 28.9 Å². The van der Waals surface area contributed by atoms with Crippen LogP contribution in [0.4, 0.5) is 0 Å². The fourth-order valence-electron chi connectivity index (χ4n) is 2.88. The number of thioether (sulfide) groups is 1. The molecule has 1 aliphatic rings. The molecule has 0 radical (unpaired) electrons. The van der Waals surface area contributed by atoms with E-state index >= 15 is 0 Å². The summed E-state index contributed by atoms with van der Waals surface area (Å²) in [6.45, 7) is 4.14. The molecule has 0 unspecified atom stereocenters. The normalized spacial score (nSPS) is 12.3. The van der Waals surface area contributed by atoms with Gasteiger partial charge >= 0.3 is 0 Å². The molecule has 0 fully saturated rings. The number of aromatic nitrogens is 2. The van der Waals surface area contributed by atoms with Crippen LogP contribution >= 0.6 is 11.8 Å². The Morgan fingerprint density at radius 2 is 1.80 bits per heavy atom. The van der Waals surface area contributed by atoms with Crippen molar-refractivity contribution in [2.45, 2.75) is 24.8 Å². The molecule has 1 aromatic heterocycles. The average molecular weight is 420 g/mol. The molecule has 152 valence electrons. The van der Waals surface area contributed by atoms with Crippen molar-refractivity contribution < 1.29 is 14.3 Å². The van der Waals surface area contributed by atoms with Gasteiger partial charge in [0, 0.05) is 22.7 Å². The zero-order chi connectivity index (χ0) is 20.9. The van der Waals surface area contributed by atoms with Gasteiger partial charge in [-0.25, -0.2) is 15.4 Å². The number of hydrogen-bond donors (Lipinski definition) is 1. The predicted octanol–water partition coefficient (Wildman–Crippen LogP) is 3.88. The van der Waals surface area contributed by atoms with Crippen LogP contribution in [0.5, 0.6) is 11.5 Å². The molecule has 8 heteroatoms. The molecule has 1 amide bonds. The molecule has 0 spiro atoms. The van der Waals surface area contributed by atoms with Crippen LogP contribution in [0.3, 0.4) is 0 Å². The highest BCUT2D eigenvalue weighted by Crippen LogP contribution is 2.31. The maximum atomic E-state index is 12.3. The van der Waals surface area contributed by atoms with E-state index in [0.29, 0.717) is 17.1 Å². The van der Waals surface area contributed by atoms with E-state index in [4.69, 9.17) is 9.47 Å². The molecule has 2 aromatic carbocycles. The fourth-order valence-corrected chi connectivity index (χ4v) is 3.79. The summed E-state index contributed by atoms with van der Waals surface area (Å²) in [6.07, 6.45) is 1.56. The molecule has 0 bridgehead atoms. The van der Waals surface area contributed by atoms with E-state index in [9.17, 15) is 4.79 Å². The molecular formula is C22H20N4O3S. The maximum absolute atomic E-state index is 12.3. The monoisotopic (exact) mass is 420 g/mol. The highest BCUT2D eigenvalue weighted by Gasteiger charge is 2.12. The molecule has 2 heterocycles. The third-order valence-electron chi connectivity index (χ3n) is 4.32. The number of hydrazone groups is 1. The number of fused-ring (bicyclic) bond motifs is 1. The Morgan fingerprint density at radius 3 is 2.57 bits per heavy atom. The molecule has 30 heavy (non-hydrogen) atoms. The Labute approximate surface area is 178 Å². The first-order chi connectivity index (χ1) is 14.6. The summed E-state index contributed by atoms with van der Waals surface area (Å²) in [5.41, 5.74) is 6.88. The van der Waals surface area contributed by atoms with Gasteiger partial charge in [-0.15, -0.1) is 0 Å². The third kappa shape index (κ3) is 4.96. The van der Waals surface area contributed by atoms with Crippen molar-refractivity contribution in [1.29, 1.82) is 0 Å². The number of nitrogens with one attached hydrogen (secondary N) is 1. The van der Waals surface area contributed by atoms with E-state index in [2.05, 4.69) is 20.5 Å². The second kappa shape index (κ2) is 8.96. The number of nitrogens with zero attached hydrogens (tertiary/aromatic N) is 3. The van der Waals surface area contributed by atoms with Crippen molar-refractivity contribution in [2.75, 3.05) is 6.79 Å². The first-order valence-corrected chi connectivity index (χ1v) is 10.3. The Hall–Kier alpha value is -3.39. The van der Waals surface area contributed by atoms with E-state index in [1.165, 1.54) is 0 Å². The molecule has 3 aromatic rings. The molecule has 0 saturated carbocycles. The predicted molar refractivity (Wildman–Crippen MR) is 115 cm³/mol. The van der Waals surface area contributed by atoms with E-state index in [1.807, 2.05) is 50.2 Å². The highest BCUT2D eigenvalue weighted by atomic mass is 32.2. The van der Waals surface area contributed by atoms with Crippen LogP contribution in [0.15, 0.2) is 58.8 Å². The second-order valence-electron chi connectivity index (χ2n) is 6.73. The van der Waals surface area contributed by atoms with Crippen LogP contribution in [0, 0.1) is 13.8 Å². The standard InChI is InChI=1S/C22H20N4O3S/c1-14-9-15(2)25-22(24-14)30-12-16-3-6-18(7-4-16)21(27)26-23-11-17-5-8-19-20(10-17)29-13-28-19/h3-11H,12-13H2,1-2H3,(H,26,27)/b23-11+. The number of aryl methyl sites for hydroxylation is 2. The van der Waals surface area contributed by atoms with Crippen LogP contribution < -0.4 is 14.9 Å². The zero-order valence-corrected chi connectivity index (χ0v) is 17.4. The van der Waals surface area contributed by atoms with Gasteiger partial charge in [0.2, 0.25) is 6.79 Å². The Balaban J connectivity index is 1.31. The molecule has 4 rings (SSSR count). The quantitative estimate of drug-likeness (QED) is 0.282. The number of carbonyl (C=O) groups is 1. The van der Waals surface area contributed by atoms with Crippen LogP contribution in [0.2, 0.25) is 0 Å². The molecule has 0 aliphatic carbocycles. The molecule has 1 aliphatic heterocycles. The molecule has 7 nitrogen and oxygen atoms in total. The lowest BCUT2D eigenvalue weighted by atomic mass is 10.1. The largest absolute Gasteiger partial charge is 0.454 e. The van der Waals surface area contributed by atoms with Gasteiger partial charge in [0.15, 0.2) is 16.7 Å². The number of hydrogen-bond acceptors (Lipinski definition) is 7. The summed E-state index contributed by atoms with van der Waals surface area (Å²) >= 11 is 1.57. The maximum Gasteiger partial charge on any atom is 0.271 e. The lowest BCUT2D eigenvalue weighted by molar-refractivity contribution is 0.0955. The lowest BCUT2D eigenvalue weighted by Crippen LogP contribution is -2.17. The lowest BCUT2D eigenvalue weighted by Gasteiger charge is -2.05. The van der Waals surface area contributed by atoms with E-state index in [-0.39, 0.29) is 12.7 Å².